The Balaban J connectivity index is 4.28. The minimum absolute atomic E-state index is 0.524. The quantitative estimate of drug-likeness (QED) is 0.573. The highest BCUT2D eigenvalue weighted by Crippen LogP contribution is 2.20. The molecular formula is C9H21NO2. The van der Waals surface area contributed by atoms with Crippen LogP contribution in [0.2, 0.25) is 0 Å². The van der Waals surface area contributed by atoms with Crippen molar-refractivity contribution in [1.29, 1.82) is 0 Å². The van der Waals surface area contributed by atoms with Gasteiger partial charge in [-0.25, -0.2) is 0 Å². The average Bonchev–Trinajstić information content (AvgIpc) is 2.03. The van der Waals surface area contributed by atoms with E-state index in [0.29, 0.717) is 13.2 Å². The minimum atomic E-state index is -0.524. The predicted octanol–water partition coefficient (Wildman–Crippen LogP) is 1.68. The van der Waals surface area contributed by atoms with E-state index in [-0.39, 0.29) is 0 Å². The molecule has 74 valence electrons. The Kier molecular flexibility index (Phi) is 5.46. The fraction of sp³-hybridized carbons (Fsp3) is 1.00. The number of rotatable bonds is 6. The summed E-state index contributed by atoms with van der Waals surface area (Å²) in [6.07, 6.45) is 0.835. The topological polar surface area (TPSA) is 21.7 Å². The second kappa shape index (κ2) is 5.51. The standard InChI is InChI=1S/C9H21NO2/c1-6-9(10(4)5,11-7-2)12-8-3/h6-8H2,1-5H3. The lowest BCUT2D eigenvalue weighted by atomic mass is 10.3. The first kappa shape index (κ1) is 11.9. The zero-order chi connectivity index (χ0) is 9.61. The minimum Gasteiger partial charge on any atom is -0.338 e. The van der Waals surface area contributed by atoms with Crippen molar-refractivity contribution in [2.45, 2.75) is 33.1 Å². The lowest BCUT2D eigenvalue weighted by Gasteiger charge is -2.37. The largest absolute Gasteiger partial charge is 0.338 e. The molecule has 0 aliphatic carbocycles. The number of nitrogens with zero attached hydrogens (tertiary/aromatic N) is 1. The van der Waals surface area contributed by atoms with Crippen molar-refractivity contribution in [3.05, 3.63) is 0 Å². The van der Waals surface area contributed by atoms with Gasteiger partial charge in [0.2, 0.25) is 5.91 Å². The van der Waals surface area contributed by atoms with E-state index in [0.717, 1.165) is 6.42 Å². The summed E-state index contributed by atoms with van der Waals surface area (Å²) in [6, 6.07) is 0. The van der Waals surface area contributed by atoms with Gasteiger partial charge in [0.1, 0.15) is 0 Å². The fourth-order valence-electron chi connectivity index (χ4n) is 1.27. The van der Waals surface area contributed by atoms with Gasteiger partial charge in [0.15, 0.2) is 0 Å². The molecular weight excluding hydrogens is 154 g/mol. The van der Waals surface area contributed by atoms with Gasteiger partial charge in [-0.1, -0.05) is 6.92 Å². The van der Waals surface area contributed by atoms with Gasteiger partial charge in [-0.3, -0.25) is 4.90 Å². The number of ether oxygens (including phenoxy) is 2. The monoisotopic (exact) mass is 175 g/mol. The molecule has 0 spiro atoms. The lowest BCUT2D eigenvalue weighted by molar-refractivity contribution is -0.305. The summed E-state index contributed by atoms with van der Waals surface area (Å²) in [7, 11) is 3.93. The maximum Gasteiger partial charge on any atom is 0.229 e. The second-order valence-corrected chi connectivity index (χ2v) is 2.83. The first-order chi connectivity index (χ1) is 5.63. The summed E-state index contributed by atoms with van der Waals surface area (Å²) >= 11 is 0. The summed E-state index contributed by atoms with van der Waals surface area (Å²) in [4.78, 5) is 1.97. The highest BCUT2D eigenvalue weighted by Gasteiger charge is 2.31. The Morgan fingerprint density at radius 1 is 1.00 bits per heavy atom. The molecule has 0 aliphatic heterocycles. The highest BCUT2D eigenvalue weighted by atomic mass is 16.7. The Bertz CT molecular complexity index is 109. The van der Waals surface area contributed by atoms with E-state index in [1.165, 1.54) is 0 Å². The molecule has 0 rings (SSSR count). The second-order valence-electron chi connectivity index (χ2n) is 2.83. The average molecular weight is 175 g/mol. The van der Waals surface area contributed by atoms with E-state index in [4.69, 9.17) is 9.47 Å². The summed E-state index contributed by atoms with van der Waals surface area (Å²) < 4.78 is 11.2. The van der Waals surface area contributed by atoms with Crippen LogP contribution in [0.25, 0.3) is 0 Å². The Hall–Kier alpha value is -0.120. The molecule has 0 radical (unpaired) electrons. The van der Waals surface area contributed by atoms with E-state index in [1.807, 2.05) is 32.8 Å². The van der Waals surface area contributed by atoms with Crippen molar-refractivity contribution in [1.82, 2.24) is 4.90 Å². The van der Waals surface area contributed by atoms with Crippen LogP contribution in [0.4, 0.5) is 0 Å². The van der Waals surface area contributed by atoms with Crippen LogP contribution in [0.1, 0.15) is 27.2 Å². The third-order valence-corrected chi connectivity index (χ3v) is 1.87. The molecule has 3 heteroatoms. The molecule has 0 N–H and O–H groups in total. The molecule has 0 heterocycles. The lowest BCUT2D eigenvalue weighted by Crippen LogP contribution is -2.48. The predicted molar refractivity (Wildman–Crippen MR) is 50.0 cm³/mol. The van der Waals surface area contributed by atoms with Crippen LogP contribution in [0.3, 0.4) is 0 Å². The first-order valence-electron chi connectivity index (χ1n) is 4.58. The van der Waals surface area contributed by atoms with Crippen molar-refractivity contribution in [2.75, 3.05) is 27.3 Å². The van der Waals surface area contributed by atoms with Crippen LogP contribution in [-0.2, 0) is 9.47 Å². The van der Waals surface area contributed by atoms with E-state index in [9.17, 15) is 0 Å². The molecule has 3 nitrogen and oxygen atoms in total. The van der Waals surface area contributed by atoms with Gasteiger partial charge < -0.3 is 9.47 Å². The Morgan fingerprint density at radius 2 is 1.42 bits per heavy atom. The molecule has 0 saturated carbocycles. The molecule has 0 saturated heterocycles. The van der Waals surface area contributed by atoms with Crippen molar-refractivity contribution in [2.24, 2.45) is 0 Å². The molecule has 0 atom stereocenters. The van der Waals surface area contributed by atoms with E-state index < -0.39 is 5.91 Å². The van der Waals surface area contributed by atoms with Crippen LogP contribution in [0.5, 0.6) is 0 Å². The summed E-state index contributed by atoms with van der Waals surface area (Å²) in [5, 5.41) is 0. The Morgan fingerprint density at radius 3 is 1.58 bits per heavy atom. The van der Waals surface area contributed by atoms with Gasteiger partial charge in [0, 0.05) is 19.6 Å². The summed E-state index contributed by atoms with van der Waals surface area (Å²) in [5.41, 5.74) is 0. The maximum absolute atomic E-state index is 5.58. The van der Waals surface area contributed by atoms with Gasteiger partial charge in [0.05, 0.1) is 0 Å². The molecule has 0 bridgehead atoms. The fourth-order valence-corrected chi connectivity index (χ4v) is 1.27. The normalized spacial score (nSPS) is 12.5. The van der Waals surface area contributed by atoms with Gasteiger partial charge >= 0.3 is 0 Å². The third kappa shape index (κ3) is 2.73. The zero-order valence-corrected chi connectivity index (χ0v) is 8.89. The molecule has 0 aromatic carbocycles. The molecule has 0 amide bonds. The zero-order valence-electron chi connectivity index (χ0n) is 8.89. The van der Waals surface area contributed by atoms with Crippen molar-refractivity contribution >= 4 is 0 Å². The van der Waals surface area contributed by atoms with E-state index >= 15 is 0 Å². The SMILES string of the molecule is CCOC(CC)(OCC)N(C)C. The number of hydrogen-bond donors (Lipinski definition) is 0. The van der Waals surface area contributed by atoms with Gasteiger partial charge in [-0.15, -0.1) is 0 Å². The molecule has 0 aromatic heterocycles. The van der Waals surface area contributed by atoms with Crippen molar-refractivity contribution < 1.29 is 9.47 Å². The van der Waals surface area contributed by atoms with Crippen LogP contribution in [0, 0.1) is 0 Å². The van der Waals surface area contributed by atoms with Crippen LogP contribution in [-0.4, -0.2) is 38.1 Å². The van der Waals surface area contributed by atoms with Crippen LogP contribution >= 0.6 is 0 Å². The Labute approximate surface area is 75.6 Å². The van der Waals surface area contributed by atoms with E-state index in [1.54, 1.807) is 0 Å². The van der Waals surface area contributed by atoms with Gasteiger partial charge in [-0.2, -0.15) is 0 Å². The van der Waals surface area contributed by atoms with Crippen LogP contribution < -0.4 is 0 Å². The maximum atomic E-state index is 5.58. The molecule has 0 aromatic rings. The molecule has 0 fully saturated rings. The van der Waals surface area contributed by atoms with Gasteiger partial charge in [-0.05, 0) is 27.9 Å². The van der Waals surface area contributed by atoms with Gasteiger partial charge in [0.25, 0.3) is 0 Å². The molecule has 12 heavy (non-hydrogen) atoms. The van der Waals surface area contributed by atoms with Crippen molar-refractivity contribution in [3.63, 3.8) is 0 Å². The van der Waals surface area contributed by atoms with Crippen LogP contribution in [0.15, 0.2) is 0 Å². The molecule has 0 unspecified atom stereocenters. The van der Waals surface area contributed by atoms with Crippen molar-refractivity contribution in [3.8, 4) is 0 Å². The summed E-state index contributed by atoms with van der Waals surface area (Å²) in [6.45, 7) is 7.36. The number of hydrogen-bond acceptors (Lipinski definition) is 3. The smallest absolute Gasteiger partial charge is 0.229 e. The molecule has 0 aliphatic rings. The third-order valence-electron chi connectivity index (χ3n) is 1.87. The van der Waals surface area contributed by atoms with E-state index in [2.05, 4.69) is 6.92 Å². The highest BCUT2D eigenvalue weighted by molar-refractivity contribution is 4.63. The first-order valence-corrected chi connectivity index (χ1v) is 4.58. The summed E-state index contributed by atoms with van der Waals surface area (Å²) in [5.74, 6) is -0.524.